The molecule has 0 heterocycles. The van der Waals surface area contributed by atoms with Gasteiger partial charge in [-0.05, 0) is 32.2 Å². The molecule has 0 fully saturated rings. The monoisotopic (exact) mass is 327 g/mol. The lowest BCUT2D eigenvalue weighted by molar-refractivity contribution is -0.149. The fraction of sp³-hybridized carbons (Fsp3) is 0.950. The van der Waals surface area contributed by atoms with E-state index in [0.717, 1.165) is 32.1 Å². The molecular formula is C20H41NO2. The van der Waals surface area contributed by atoms with Crippen molar-refractivity contribution >= 4 is 5.97 Å². The van der Waals surface area contributed by atoms with Gasteiger partial charge in [0.15, 0.2) is 0 Å². The maximum Gasteiger partial charge on any atom is 0.308 e. The van der Waals surface area contributed by atoms with E-state index in [9.17, 15) is 4.79 Å². The molecule has 1 atom stereocenters. The van der Waals surface area contributed by atoms with Gasteiger partial charge in [-0.3, -0.25) is 4.79 Å². The lowest BCUT2D eigenvalue weighted by Crippen LogP contribution is -2.19. The van der Waals surface area contributed by atoms with Crippen LogP contribution in [-0.4, -0.2) is 19.1 Å². The van der Waals surface area contributed by atoms with Crippen LogP contribution >= 0.6 is 0 Å². The Labute approximate surface area is 144 Å². The third-order valence-electron chi connectivity index (χ3n) is 4.49. The highest BCUT2D eigenvalue weighted by molar-refractivity contribution is 5.72. The average Bonchev–Trinajstić information content (AvgIpc) is 2.56. The highest BCUT2D eigenvalue weighted by Crippen LogP contribution is 2.20. The van der Waals surface area contributed by atoms with E-state index in [0.29, 0.717) is 13.2 Å². The van der Waals surface area contributed by atoms with Gasteiger partial charge in [0, 0.05) is 0 Å². The van der Waals surface area contributed by atoms with Gasteiger partial charge in [-0.1, -0.05) is 78.1 Å². The van der Waals surface area contributed by atoms with Crippen molar-refractivity contribution < 1.29 is 9.53 Å². The Kier molecular flexibility index (Phi) is 17.3. The van der Waals surface area contributed by atoms with Gasteiger partial charge in [0.1, 0.15) is 0 Å². The SMILES string of the molecule is CCCCCCCCC(CCCCCC)C(=O)OCCCCN. The summed E-state index contributed by atoms with van der Waals surface area (Å²) in [5, 5.41) is 0. The van der Waals surface area contributed by atoms with Crippen LogP contribution in [0.5, 0.6) is 0 Å². The van der Waals surface area contributed by atoms with E-state index in [1.807, 2.05) is 0 Å². The summed E-state index contributed by atoms with van der Waals surface area (Å²) in [4.78, 5) is 12.3. The van der Waals surface area contributed by atoms with Crippen LogP contribution in [0.3, 0.4) is 0 Å². The highest BCUT2D eigenvalue weighted by Gasteiger charge is 2.19. The first-order valence-corrected chi connectivity index (χ1v) is 10.1. The average molecular weight is 328 g/mol. The van der Waals surface area contributed by atoms with Crippen molar-refractivity contribution in [3.63, 3.8) is 0 Å². The van der Waals surface area contributed by atoms with E-state index in [2.05, 4.69) is 13.8 Å². The van der Waals surface area contributed by atoms with Crippen molar-refractivity contribution in [3.05, 3.63) is 0 Å². The summed E-state index contributed by atoms with van der Waals surface area (Å²) in [7, 11) is 0. The number of esters is 1. The van der Waals surface area contributed by atoms with E-state index in [4.69, 9.17) is 10.5 Å². The first-order chi connectivity index (χ1) is 11.3. The molecule has 23 heavy (non-hydrogen) atoms. The first-order valence-electron chi connectivity index (χ1n) is 10.1. The zero-order chi connectivity index (χ0) is 17.2. The number of hydrogen-bond donors (Lipinski definition) is 1. The van der Waals surface area contributed by atoms with Crippen molar-refractivity contribution in [2.75, 3.05) is 13.2 Å². The molecule has 0 saturated heterocycles. The summed E-state index contributed by atoms with van der Waals surface area (Å²) in [6, 6.07) is 0. The Morgan fingerprint density at radius 2 is 1.30 bits per heavy atom. The van der Waals surface area contributed by atoms with Crippen molar-refractivity contribution in [1.82, 2.24) is 0 Å². The lowest BCUT2D eigenvalue weighted by Gasteiger charge is -2.16. The fourth-order valence-electron chi connectivity index (χ4n) is 2.91. The second kappa shape index (κ2) is 17.8. The molecule has 3 nitrogen and oxygen atoms in total. The maximum atomic E-state index is 12.3. The normalized spacial score (nSPS) is 12.3. The molecule has 0 spiro atoms. The van der Waals surface area contributed by atoms with Crippen LogP contribution < -0.4 is 5.73 Å². The molecule has 0 aromatic heterocycles. The molecule has 1 unspecified atom stereocenters. The van der Waals surface area contributed by atoms with E-state index in [1.165, 1.54) is 57.8 Å². The van der Waals surface area contributed by atoms with Gasteiger partial charge in [0.25, 0.3) is 0 Å². The molecule has 0 bridgehead atoms. The van der Waals surface area contributed by atoms with Crippen LogP contribution in [0.15, 0.2) is 0 Å². The molecule has 138 valence electrons. The van der Waals surface area contributed by atoms with Crippen molar-refractivity contribution in [2.24, 2.45) is 11.7 Å². The van der Waals surface area contributed by atoms with Crippen molar-refractivity contribution in [3.8, 4) is 0 Å². The van der Waals surface area contributed by atoms with Crippen LogP contribution in [0.4, 0.5) is 0 Å². The van der Waals surface area contributed by atoms with Crippen LogP contribution in [0.25, 0.3) is 0 Å². The van der Waals surface area contributed by atoms with Gasteiger partial charge in [-0.25, -0.2) is 0 Å². The molecule has 0 rings (SSSR count). The van der Waals surface area contributed by atoms with E-state index < -0.39 is 0 Å². The molecule has 0 aliphatic carbocycles. The molecule has 0 amide bonds. The Morgan fingerprint density at radius 3 is 1.87 bits per heavy atom. The zero-order valence-corrected chi connectivity index (χ0v) is 15.8. The third kappa shape index (κ3) is 14.7. The molecule has 0 saturated carbocycles. The van der Waals surface area contributed by atoms with E-state index in [1.54, 1.807) is 0 Å². The molecule has 0 radical (unpaired) electrons. The predicted octanol–water partition coefficient (Wildman–Crippen LogP) is 5.61. The number of unbranched alkanes of at least 4 members (excludes halogenated alkanes) is 9. The molecule has 3 heteroatoms. The summed E-state index contributed by atoms with van der Waals surface area (Å²) in [6.45, 7) is 5.68. The number of rotatable bonds is 17. The largest absolute Gasteiger partial charge is 0.465 e. The maximum absolute atomic E-state index is 12.3. The fourth-order valence-corrected chi connectivity index (χ4v) is 2.91. The minimum atomic E-state index is 0.0343. The van der Waals surface area contributed by atoms with Gasteiger partial charge in [0.2, 0.25) is 0 Å². The number of nitrogens with two attached hydrogens (primary N) is 1. The topological polar surface area (TPSA) is 52.3 Å². The number of carbonyl (C=O) groups excluding carboxylic acids is 1. The van der Waals surface area contributed by atoms with Crippen LogP contribution in [0.2, 0.25) is 0 Å². The van der Waals surface area contributed by atoms with E-state index >= 15 is 0 Å². The third-order valence-corrected chi connectivity index (χ3v) is 4.49. The van der Waals surface area contributed by atoms with Gasteiger partial charge < -0.3 is 10.5 Å². The Bertz CT molecular complexity index is 256. The minimum absolute atomic E-state index is 0.0343. The smallest absolute Gasteiger partial charge is 0.308 e. The van der Waals surface area contributed by atoms with Gasteiger partial charge in [-0.15, -0.1) is 0 Å². The number of ether oxygens (including phenoxy) is 1. The summed E-state index contributed by atoms with van der Waals surface area (Å²) >= 11 is 0. The second-order valence-electron chi connectivity index (χ2n) is 6.77. The first kappa shape index (κ1) is 22.4. The lowest BCUT2D eigenvalue weighted by atomic mass is 9.94. The zero-order valence-electron chi connectivity index (χ0n) is 15.8. The standard InChI is InChI=1S/C20H41NO2/c1-3-5-7-9-10-12-16-19(15-11-8-6-4-2)20(22)23-18-14-13-17-21/h19H,3-18,21H2,1-2H3. The van der Waals surface area contributed by atoms with Gasteiger partial charge >= 0.3 is 5.97 Å². The summed E-state index contributed by atoms with van der Waals surface area (Å²) in [6.07, 6.45) is 16.4. The summed E-state index contributed by atoms with van der Waals surface area (Å²) in [5.74, 6) is 0.156. The van der Waals surface area contributed by atoms with Crippen LogP contribution in [0, 0.1) is 5.92 Å². The van der Waals surface area contributed by atoms with Gasteiger partial charge in [-0.2, -0.15) is 0 Å². The highest BCUT2D eigenvalue weighted by atomic mass is 16.5. The molecule has 0 aliphatic rings. The second-order valence-corrected chi connectivity index (χ2v) is 6.77. The molecule has 0 aromatic rings. The van der Waals surface area contributed by atoms with E-state index in [-0.39, 0.29) is 11.9 Å². The number of carbonyl (C=O) groups is 1. The quantitative estimate of drug-likeness (QED) is 0.279. The summed E-state index contributed by atoms with van der Waals surface area (Å²) < 4.78 is 5.46. The molecular weight excluding hydrogens is 286 g/mol. The molecule has 2 N–H and O–H groups in total. The number of hydrogen-bond acceptors (Lipinski definition) is 3. The molecule has 0 aromatic carbocycles. The predicted molar refractivity (Wildman–Crippen MR) is 99.5 cm³/mol. The Hall–Kier alpha value is -0.570. The Morgan fingerprint density at radius 1 is 0.783 bits per heavy atom. The van der Waals surface area contributed by atoms with Crippen LogP contribution in [0.1, 0.15) is 104 Å². The molecule has 0 aliphatic heterocycles. The van der Waals surface area contributed by atoms with Crippen LogP contribution in [-0.2, 0) is 9.53 Å². The van der Waals surface area contributed by atoms with Crippen molar-refractivity contribution in [2.45, 2.75) is 104 Å². The summed E-state index contributed by atoms with van der Waals surface area (Å²) in [5.41, 5.74) is 5.47. The minimum Gasteiger partial charge on any atom is -0.465 e. The Balaban J connectivity index is 3.98. The van der Waals surface area contributed by atoms with Crippen molar-refractivity contribution in [1.29, 1.82) is 0 Å². The van der Waals surface area contributed by atoms with Gasteiger partial charge in [0.05, 0.1) is 12.5 Å².